The highest BCUT2D eigenvalue weighted by molar-refractivity contribution is 5.41. The zero-order valence-corrected chi connectivity index (χ0v) is 20.7. The van der Waals surface area contributed by atoms with Crippen LogP contribution in [0, 0.1) is 23.0 Å². The number of piperidine rings is 1. The second-order valence-corrected chi connectivity index (χ2v) is 11.0. The number of nitro benzene ring substituents is 1. The molecule has 2 aromatic carbocycles. The monoisotopic (exact) mass is 455 g/mol. The summed E-state index contributed by atoms with van der Waals surface area (Å²) in [4.78, 5) is 10.6. The lowest BCUT2D eigenvalue weighted by Gasteiger charge is -2.44. The van der Waals surface area contributed by atoms with Crippen LogP contribution in [0.2, 0.25) is 0 Å². The first-order valence-electron chi connectivity index (χ1n) is 12.0. The smallest absolute Gasteiger partial charge is 0.269 e. The predicted octanol–water partition coefficient (Wildman–Crippen LogP) is 5.39. The maximum atomic E-state index is 11.0. The summed E-state index contributed by atoms with van der Waals surface area (Å²) in [5.41, 5.74) is 3.48. The molecular weight excluding hydrogens is 416 g/mol. The van der Waals surface area contributed by atoms with Gasteiger partial charge >= 0.3 is 0 Å². The summed E-state index contributed by atoms with van der Waals surface area (Å²) in [7, 11) is 0. The summed E-state index contributed by atoms with van der Waals surface area (Å²) < 4.78 is 6.93. The van der Waals surface area contributed by atoms with Crippen LogP contribution < -0.4 is 4.74 Å². The molecule has 1 heterocycles. The molecule has 0 aliphatic carbocycles. The molecule has 33 heavy (non-hydrogen) atoms. The fourth-order valence-corrected chi connectivity index (χ4v) is 4.80. The topological polar surface area (TPSA) is 72.6 Å². The third-order valence-electron chi connectivity index (χ3n) is 6.83. The minimum Gasteiger partial charge on any atom is -0.490 e. The van der Waals surface area contributed by atoms with Gasteiger partial charge < -0.3 is 14.3 Å². The molecule has 1 N–H and O–H groups in total. The largest absolute Gasteiger partial charge is 0.490 e. The molecule has 1 fully saturated rings. The van der Waals surface area contributed by atoms with Gasteiger partial charge in [0.15, 0.2) is 0 Å². The van der Waals surface area contributed by atoms with E-state index in [4.69, 9.17) is 4.74 Å². The van der Waals surface area contributed by atoms with Gasteiger partial charge in [0.25, 0.3) is 5.69 Å². The quantitative estimate of drug-likeness (QED) is 0.329. The Morgan fingerprint density at radius 2 is 1.79 bits per heavy atom. The van der Waals surface area contributed by atoms with Crippen LogP contribution in [0.5, 0.6) is 5.75 Å². The van der Waals surface area contributed by atoms with E-state index in [0.29, 0.717) is 12.5 Å². The molecule has 0 radical (unpaired) electrons. The molecule has 1 saturated heterocycles. The summed E-state index contributed by atoms with van der Waals surface area (Å²) in [6.07, 6.45) is 1.64. The molecular formula is C27H39N2O4+. The average molecular weight is 456 g/mol. The van der Waals surface area contributed by atoms with E-state index in [1.165, 1.54) is 5.56 Å². The number of aliphatic hydroxyl groups is 1. The first-order chi connectivity index (χ1) is 15.5. The number of non-ortho nitro benzene ring substituents is 1. The van der Waals surface area contributed by atoms with Crippen LogP contribution in [0.3, 0.4) is 0 Å². The number of hydrogen-bond donors (Lipinski definition) is 1. The lowest BCUT2D eigenvalue weighted by atomic mass is 9.85. The van der Waals surface area contributed by atoms with Crippen LogP contribution in [-0.4, -0.2) is 46.9 Å². The Hall–Kier alpha value is -2.44. The van der Waals surface area contributed by atoms with Gasteiger partial charge in [0, 0.05) is 17.7 Å². The van der Waals surface area contributed by atoms with Crippen molar-refractivity contribution in [2.75, 3.05) is 26.2 Å². The Bertz CT molecular complexity index is 942. The number of ether oxygens (including phenoxy) is 1. The molecule has 0 bridgehead atoms. The predicted molar refractivity (Wildman–Crippen MR) is 131 cm³/mol. The second kappa shape index (κ2) is 10.2. The number of rotatable bonds is 8. The molecule has 180 valence electrons. The van der Waals surface area contributed by atoms with E-state index >= 15 is 0 Å². The number of hydrogen-bond acceptors (Lipinski definition) is 4. The maximum absolute atomic E-state index is 11.0. The first kappa shape index (κ1) is 25.2. The highest BCUT2D eigenvalue weighted by Gasteiger charge is 2.35. The van der Waals surface area contributed by atoms with Gasteiger partial charge in [0.05, 0.1) is 18.0 Å². The van der Waals surface area contributed by atoms with E-state index < -0.39 is 6.10 Å². The molecule has 0 saturated carbocycles. The van der Waals surface area contributed by atoms with Crippen LogP contribution in [-0.2, 0) is 12.0 Å². The van der Waals surface area contributed by atoms with Gasteiger partial charge in [-0.15, -0.1) is 0 Å². The van der Waals surface area contributed by atoms with E-state index in [2.05, 4.69) is 40.7 Å². The van der Waals surface area contributed by atoms with Crippen molar-refractivity contribution in [2.45, 2.75) is 65.5 Å². The van der Waals surface area contributed by atoms with Gasteiger partial charge in [0.2, 0.25) is 0 Å². The van der Waals surface area contributed by atoms with E-state index in [0.717, 1.165) is 53.8 Å². The van der Waals surface area contributed by atoms with Crippen LogP contribution in [0.4, 0.5) is 5.69 Å². The van der Waals surface area contributed by atoms with Crippen LogP contribution in [0.25, 0.3) is 0 Å². The van der Waals surface area contributed by atoms with E-state index in [9.17, 15) is 15.2 Å². The number of benzene rings is 2. The molecule has 1 aliphatic heterocycles. The standard InChI is InChI=1S/C27H39N2O4/c1-20-12-14-29(15-13-20,17-22-7-9-23(10-8-22)28(31)32)18-24(30)19-33-26-11-6-21(2)16-25(26)27(3,4)5/h6-11,16,20,24,30H,12-15,17-19H2,1-5H3/q+1/t20?,24-,29?/m1/s1. The third-order valence-corrected chi connectivity index (χ3v) is 6.83. The lowest BCUT2D eigenvalue weighted by molar-refractivity contribution is -0.948. The highest BCUT2D eigenvalue weighted by atomic mass is 16.6. The Balaban J connectivity index is 1.71. The van der Waals surface area contributed by atoms with Crippen molar-refractivity contribution in [2.24, 2.45) is 5.92 Å². The summed E-state index contributed by atoms with van der Waals surface area (Å²) >= 11 is 0. The molecule has 1 aliphatic rings. The Labute approximate surface area is 197 Å². The zero-order valence-electron chi connectivity index (χ0n) is 20.7. The molecule has 0 aromatic heterocycles. The second-order valence-electron chi connectivity index (χ2n) is 11.0. The average Bonchev–Trinajstić information content (AvgIpc) is 2.75. The Morgan fingerprint density at radius 3 is 2.36 bits per heavy atom. The molecule has 0 spiro atoms. The zero-order chi connectivity index (χ0) is 24.2. The number of aryl methyl sites for hydroxylation is 1. The minimum atomic E-state index is -0.592. The molecule has 1 atom stereocenters. The normalized spacial score (nSPS) is 22.1. The number of likely N-dealkylation sites (tertiary alicyclic amines) is 1. The Morgan fingerprint density at radius 1 is 1.15 bits per heavy atom. The molecule has 3 rings (SSSR count). The van der Waals surface area contributed by atoms with Gasteiger partial charge in [-0.2, -0.15) is 0 Å². The number of quaternary nitrogens is 1. The Kier molecular flexibility index (Phi) is 7.80. The molecule has 6 nitrogen and oxygen atoms in total. The van der Waals surface area contributed by atoms with Crippen molar-refractivity contribution < 1.29 is 19.2 Å². The third kappa shape index (κ3) is 6.78. The molecule has 2 aromatic rings. The first-order valence-corrected chi connectivity index (χ1v) is 12.0. The molecule has 6 heteroatoms. The van der Waals surface area contributed by atoms with Crippen LogP contribution in [0.1, 0.15) is 57.2 Å². The van der Waals surface area contributed by atoms with Crippen molar-refractivity contribution in [3.63, 3.8) is 0 Å². The van der Waals surface area contributed by atoms with Gasteiger partial charge in [-0.3, -0.25) is 10.1 Å². The van der Waals surface area contributed by atoms with Crippen molar-refractivity contribution in [1.82, 2.24) is 0 Å². The number of nitrogens with zero attached hydrogens (tertiary/aromatic N) is 2. The van der Waals surface area contributed by atoms with Gasteiger partial charge in [0.1, 0.15) is 31.5 Å². The van der Waals surface area contributed by atoms with Crippen LogP contribution in [0.15, 0.2) is 42.5 Å². The van der Waals surface area contributed by atoms with Gasteiger partial charge in [-0.25, -0.2) is 0 Å². The van der Waals surface area contributed by atoms with Crippen molar-refractivity contribution in [3.05, 3.63) is 69.3 Å². The summed E-state index contributed by atoms with van der Waals surface area (Å²) in [6.45, 7) is 14.5. The highest BCUT2D eigenvalue weighted by Crippen LogP contribution is 2.33. The van der Waals surface area contributed by atoms with Gasteiger partial charge in [-0.1, -0.05) is 45.4 Å². The number of nitro groups is 1. The lowest BCUT2D eigenvalue weighted by Crippen LogP contribution is -2.56. The van der Waals surface area contributed by atoms with Crippen molar-refractivity contribution in [3.8, 4) is 5.75 Å². The SMILES string of the molecule is Cc1ccc(OC[C@H](O)C[N+]2(Cc3ccc([N+](=O)[O-])cc3)CCC(C)CC2)c(C(C)(C)C)c1. The number of aliphatic hydroxyl groups excluding tert-OH is 1. The molecule has 0 unspecified atom stereocenters. The minimum absolute atomic E-state index is 0.0426. The maximum Gasteiger partial charge on any atom is 0.269 e. The van der Waals surface area contributed by atoms with E-state index in [-0.39, 0.29) is 22.6 Å². The fraction of sp³-hybridized carbons (Fsp3) is 0.556. The fourth-order valence-electron chi connectivity index (χ4n) is 4.80. The van der Waals surface area contributed by atoms with Crippen molar-refractivity contribution >= 4 is 5.69 Å². The van der Waals surface area contributed by atoms with Crippen LogP contribution >= 0.6 is 0 Å². The summed E-state index contributed by atoms with van der Waals surface area (Å²) in [5.74, 6) is 1.52. The summed E-state index contributed by atoms with van der Waals surface area (Å²) in [6, 6.07) is 13.1. The summed E-state index contributed by atoms with van der Waals surface area (Å²) in [5, 5.41) is 22.0. The van der Waals surface area contributed by atoms with Crippen molar-refractivity contribution in [1.29, 1.82) is 0 Å². The van der Waals surface area contributed by atoms with E-state index in [1.807, 2.05) is 24.3 Å². The molecule has 0 amide bonds. The van der Waals surface area contributed by atoms with E-state index in [1.54, 1.807) is 12.1 Å². The van der Waals surface area contributed by atoms with Gasteiger partial charge in [-0.05, 0) is 54.9 Å².